The lowest BCUT2D eigenvalue weighted by molar-refractivity contribution is -0.0498. The first-order valence-electron chi connectivity index (χ1n) is 5.88. The molecule has 0 spiro atoms. The number of amides is 1. The fourth-order valence-corrected chi connectivity index (χ4v) is 1.56. The standard InChI is InChI=1S/C14H12F2N2O2/c15-14(16)20-11-6-4-10(5-7-11)9-18-13(19)12-3-1-2-8-17-12/h1-8,14H,9H2,(H,18,19). The molecule has 0 radical (unpaired) electrons. The maximum absolute atomic E-state index is 12.0. The Balaban J connectivity index is 1.89. The zero-order chi connectivity index (χ0) is 14.4. The minimum atomic E-state index is -2.84. The largest absolute Gasteiger partial charge is 0.435 e. The van der Waals surface area contributed by atoms with Gasteiger partial charge in [0.25, 0.3) is 5.91 Å². The van der Waals surface area contributed by atoms with Crippen LogP contribution in [0, 0.1) is 0 Å². The van der Waals surface area contributed by atoms with E-state index in [0.29, 0.717) is 5.69 Å². The van der Waals surface area contributed by atoms with E-state index < -0.39 is 6.61 Å². The van der Waals surface area contributed by atoms with Crippen molar-refractivity contribution in [3.63, 3.8) is 0 Å². The number of halogens is 2. The molecule has 1 aromatic heterocycles. The third-order valence-corrected chi connectivity index (χ3v) is 2.50. The van der Waals surface area contributed by atoms with Crippen LogP contribution in [0.5, 0.6) is 5.75 Å². The summed E-state index contributed by atoms with van der Waals surface area (Å²) in [5.41, 5.74) is 1.10. The number of ether oxygens (including phenoxy) is 1. The summed E-state index contributed by atoms with van der Waals surface area (Å²) in [6.45, 7) is -2.56. The first kappa shape index (κ1) is 13.9. The highest BCUT2D eigenvalue weighted by molar-refractivity contribution is 5.92. The van der Waals surface area contributed by atoms with Gasteiger partial charge in [-0.2, -0.15) is 8.78 Å². The van der Waals surface area contributed by atoms with Crippen LogP contribution in [0.3, 0.4) is 0 Å². The number of rotatable bonds is 5. The Labute approximate surface area is 114 Å². The van der Waals surface area contributed by atoms with Gasteiger partial charge < -0.3 is 10.1 Å². The smallest absolute Gasteiger partial charge is 0.387 e. The second-order valence-corrected chi connectivity index (χ2v) is 3.92. The number of nitrogens with one attached hydrogen (secondary N) is 1. The highest BCUT2D eigenvalue weighted by atomic mass is 19.3. The maximum Gasteiger partial charge on any atom is 0.387 e. The van der Waals surface area contributed by atoms with E-state index in [4.69, 9.17) is 0 Å². The van der Waals surface area contributed by atoms with Gasteiger partial charge in [-0.25, -0.2) is 0 Å². The fraction of sp³-hybridized carbons (Fsp3) is 0.143. The van der Waals surface area contributed by atoms with Gasteiger partial charge in [0.05, 0.1) is 0 Å². The van der Waals surface area contributed by atoms with Gasteiger partial charge in [0.1, 0.15) is 11.4 Å². The quantitative estimate of drug-likeness (QED) is 0.914. The van der Waals surface area contributed by atoms with Crippen LogP contribution in [0.1, 0.15) is 16.1 Å². The van der Waals surface area contributed by atoms with Crippen molar-refractivity contribution in [1.29, 1.82) is 0 Å². The molecule has 2 rings (SSSR count). The van der Waals surface area contributed by atoms with Crippen LogP contribution in [-0.2, 0) is 6.54 Å². The van der Waals surface area contributed by atoms with E-state index in [-0.39, 0.29) is 18.2 Å². The van der Waals surface area contributed by atoms with Gasteiger partial charge in [0, 0.05) is 12.7 Å². The normalized spacial score (nSPS) is 10.3. The van der Waals surface area contributed by atoms with Gasteiger partial charge >= 0.3 is 6.61 Å². The van der Waals surface area contributed by atoms with E-state index in [1.807, 2.05) is 0 Å². The molecule has 0 unspecified atom stereocenters. The Morgan fingerprint density at radius 1 is 1.20 bits per heavy atom. The Morgan fingerprint density at radius 3 is 2.55 bits per heavy atom. The summed E-state index contributed by atoms with van der Waals surface area (Å²) < 4.78 is 28.2. The van der Waals surface area contributed by atoms with Crippen LogP contribution in [0.15, 0.2) is 48.7 Å². The molecule has 0 bridgehead atoms. The van der Waals surface area contributed by atoms with Gasteiger partial charge in [-0.3, -0.25) is 9.78 Å². The number of pyridine rings is 1. The molecular weight excluding hydrogens is 266 g/mol. The lowest BCUT2D eigenvalue weighted by Crippen LogP contribution is -2.23. The molecule has 0 saturated heterocycles. The first-order chi connectivity index (χ1) is 9.65. The van der Waals surface area contributed by atoms with Gasteiger partial charge in [-0.15, -0.1) is 0 Å². The molecule has 4 nitrogen and oxygen atoms in total. The third-order valence-electron chi connectivity index (χ3n) is 2.50. The summed E-state index contributed by atoms with van der Waals surface area (Å²) in [6.07, 6.45) is 1.53. The van der Waals surface area contributed by atoms with Crippen molar-refractivity contribution in [3.05, 3.63) is 59.9 Å². The van der Waals surface area contributed by atoms with E-state index in [0.717, 1.165) is 5.56 Å². The summed E-state index contributed by atoms with van der Waals surface area (Å²) in [5, 5.41) is 2.69. The Hall–Kier alpha value is -2.50. The van der Waals surface area contributed by atoms with Crippen LogP contribution in [0.2, 0.25) is 0 Å². The summed E-state index contributed by atoms with van der Waals surface area (Å²) >= 11 is 0. The van der Waals surface area contributed by atoms with Crippen LogP contribution in [-0.4, -0.2) is 17.5 Å². The number of benzene rings is 1. The lowest BCUT2D eigenvalue weighted by atomic mass is 10.2. The average Bonchev–Trinajstić information content (AvgIpc) is 2.46. The molecule has 0 aliphatic heterocycles. The van der Waals surface area contributed by atoms with Crippen molar-refractivity contribution in [2.24, 2.45) is 0 Å². The molecule has 0 fully saturated rings. The minimum absolute atomic E-state index is 0.0832. The summed E-state index contributed by atoms with van der Waals surface area (Å²) in [4.78, 5) is 15.7. The van der Waals surface area contributed by atoms with E-state index >= 15 is 0 Å². The van der Waals surface area contributed by atoms with Crippen LogP contribution in [0.4, 0.5) is 8.78 Å². The number of hydrogen-bond acceptors (Lipinski definition) is 3. The Bertz CT molecular complexity index is 559. The van der Waals surface area contributed by atoms with Crippen LogP contribution in [0.25, 0.3) is 0 Å². The predicted molar refractivity (Wildman–Crippen MR) is 68.5 cm³/mol. The second-order valence-electron chi connectivity index (χ2n) is 3.92. The summed E-state index contributed by atoms with van der Waals surface area (Å²) in [6, 6.07) is 11.1. The van der Waals surface area contributed by atoms with Crippen LogP contribution >= 0.6 is 0 Å². The average molecular weight is 278 g/mol. The summed E-state index contributed by atoms with van der Waals surface area (Å²) in [7, 11) is 0. The number of alkyl halides is 2. The molecule has 0 saturated carbocycles. The topological polar surface area (TPSA) is 51.2 Å². The van der Waals surface area contributed by atoms with E-state index in [2.05, 4.69) is 15.0 Å². The van der Waals surface area contributed by atoms with Crippen molar-refractivity contribution in [3.8, 4) is 5.75 Å². The van der Waals surface area contributed by atoms with Crippen molar-refractivity contribution < 1.29 is 18.3 Å². The Kier molecular flexibility index (Phi) is 4.60. The predicted octanol–water partition coefficient (Wildman–Crippen LogP) is 2.61. The Morgan fingerprint density at radius 2 is 1.95 bits per heavy atom. The number of carbonyl (C=O) groups is 1. The highest BCUT2D eigenvalue weighted by Gasteiger charge is 2.06. The van der Waals surface area contributed by atoms with E-state index in [9.17, 15) is 13.6 Å². The maximum atomic E-state index is 12.0. The van der Waals surface area contributed by atoms with Gasteiger partial charge in [-0.1, -0.05) is 18.2 Å². The first-order valence-corrected chi connectivity index (χ1v) is 5.88. The van der Waals surface area contributed by atoms with E-state index in [1.165, 1.54) is 18.3 Å². The number of carbonyl (C=O) groups excluding carboxylic acids is 1. The lowest BCUT2D eigenvalue weighted by Gasteiger charge is -2.07. The van der Waals surface area contributed by atoms with Gasteiger partial charge in [-0.05, 0) is 29.8 Å². The zero-order valence-electron chi connectivity index (χ0n) is 10.4. The molecule has 1 amide bonds. The molecule has 0 aliphatic carbocycles. The molecule has 1 N–H and O–H groups in total. The van der Waals surface area contributed by atoms with Gasteiger partial charge in [0.2, 0.25) is 0 Å². The number of hydrogen-bond donors (Lipinski definition) is 1. The second kappa shape index (κ2) is 6.60. The highest BCUT2D eigenvalue weighted by Crippen LogP contribution is 2.14. The number of aromatic nitrogens is 1. The van der Waals surface area contributed by atoms with Crippen molar-refractivity contribution in [2.75, 3.05) is 0 Å². The molecule has 0 atom stereocenters. The fourth-order valence-electron chi connectivity index (χ4n) is 1.56. The van der Waals surface area contributed by atoms with Gasteiger partial charge in [0.15, 0.2) is 0 Å². The zero-order valence-corrected chi connectivity index (χ0v) is 10.4. The van der Waals surface area contributed by atoms with Crippen molar-refractivity contribution >= 4 is 5.91 Å². The monoisotopic (exact) mass is 278 g/mol. The molecule has 104 valence electrons. The van der Waals surface area contributed by atoms with Crippen LogP contribution < -0.4 is 10.1 Å². The molecule has 20 heavy (non-hydrogen) atoms. The molecule has 0 aliphatic rings. The molecular formula is C14H12F2N2O2. The molecule has 1 aromatic carbocycles. The summed E-state index contributed by atoms with van der Waals surface area (Å²) in [5.74, 6) is -0.210. The SMILES string of the molecule is O=C(NCc1ccc(OC(F)F)cc1)c1ccccn1. The van der Waals surface area contributed by atoms with Crippen molar-refractivity contribution in [1.82, 2.24) is 10.3 Å². The molecule has 2 aromatic rings. The minimum Gasteiger partial charge on any atom is -0.435 e. The van der Waals surface area contributed by atoms with E-state index in [1.54, 1.807) is 30.3 Å². The molecule has 6 heteroatoms. The third kappa shape index (κ3) is 4.01. The number of nitrogens with zero attached hydrogens (tertiary/aromatic N) is 1. The van der Waals surface area contributed by atoms with Crippen molar-refractivity contribution in [2.45, 2.75) is 13.2 Å². The molecule has 1 heterocycles.